The number of anilines is 1. The molecular weight excluding hydrogens is 382 g/mol. The molecule has 1 fully saturated rings. The number of fused-ring (bicyclic) bond motifs is 2. The van der Waals surface area contributed by atoms with Gasteiger partial charge in [0.15, 0.2) is 21.2 Å². The third-order valence-corrected chi connectivity index (χ3v) is 6.43. The number of hydrogen-bond acceptors (Lipinski definition) is 5. The quantitative estimate of drug-likeness (QED) is 0.683. The predicted octanol–water partition coefficient (Wildman–Crippen LogP) is 1.80. The average Bonchev–Trinajstić information content (AvgIpc) is 3.23. The van der Waals surface area contributed by atoms with Gasteiger partial charge in [0, 0.05) is 55.1 Å². The van der Waals surface area contributed by atoms with Crippen molar-refractivity contribution in [1.29, 1.82) is 0 Å². The van der Waals surface area contributed by atoms with Crippen LogP contribution in [0.4, 0.5) is 5.69 Å². The van der Waals surface area contributed by atoms with Crippen molar-refractivity contribution >= 4 is 32.3 Å². The number of carbonyl (C=O) groups excluding carboxylic acids is 1. The van der Waals surface area contributed by atoms with Crippen molar-refractivity contribution in [2.24, 2.45) is 7.05 Å². The monoisotopic (exact) mass is 399 g/mol. The SMILES string of the molecule is Cn1cc(-c2cc(S(C)(=O)=O)cc3c2OC2(CC2)C(=O)N3)c2cc[nH]c2c1=O. The summed E-state index contributed by atoms with van der Waals surface area (Å²) in [6.07, 6.45) is 5.64. The number of rotatable bonds is 2. The number of H-pyrrole nitrogens is 1. The molecule has 1 amide bonds. The van der Waals surface area contributed by atoms with Crippen LogP contribution in [-0.2, 0) is 21.7 Å². The van der Waals surface area contributed by atoms with E-state index in [4.69, 9.17) is 4.74 Å². The maximum Gasteiger partial charge on any atom is 0.274 e. The summed E-state index contributed by atoms with van der Waals surface area (Å²) in [4.78, 5) is 27.8. The first-order chi connectivity index (χ1) is 13.2. The summed E-state index contributed by atoms with van der Waals surface area (Å²) in [5.41, 5.74) is 0.824. The lowest BCUT2D eigenvalue weighted by atomic mass is 10.0. The van der Waals surface area contributed by atoms with Crippen LogP contribution >= 0.6 is 0 Å². The zero-order valence-electron chi connectivity index (χ0n) is 15.2. The van der Waals surface area contributed by atoms with E-state index in [1.165, 1.54) is 16.7 Å². The van der Waals surface area contributed by atoms with E-state index < -0.39 is 15.4 Å². The van der Waals surface area contributed by atoms with Gasteiger partial charge in [-0.3, -0.25) is 9.59 Å². The molecule has 0 saturated heterocycles. The van der Waals surface area contributed by atoms with E-state index >= 15 is 0 Å². The first kappa shape index (κ1) is 17.1. The molecule has 0 radical (unpaired) electrons. The largest absolute Gasteiger partial charge is 0.475 e. The van der Waals surface area contributed by atoms with Gasteiger partial charge in [-0.2, -0.15) is 0 Å². The maximum absolute atomic E-state index is 12.4. The Labute approximate surface area is 160 Å². The Morgan fingerprint density at radius 3 is 2.61 bits per heavy atom. The molecular formula is C19H17N3O5S. The fourth-order valence-corrected chi connectivity index (χ4v) is 4.29. The van der Waals surface area contributed by atoms with Gasteiger partial charge < -0.3 is 19.6 Å². The molecule has 3 aromatic rings. The van der Waals surface area contributed by atoms with Gasteiger partial charge in [0.25, 0.3) is 11.5 Å². The highest BCUT2D eigenvalue weighted by Crippen LogP contribution is 2.51. The van der Waals surface area contributed by atoms with Gasteiger partial charge in [0.05, 0.1) is 10.6 Å². The molecule has 1 aliphatic heterocycles. The zero-order chi connectivity index (χ0) is 19.8. The maximum atomic E-state index is 12.4. The van der Waals surface area contributed by atoms with E-state index in [1.807, 2.05) is 0 Å². The number of hydrogen-bond donors (Lipinski definition) is 2. The molecule has 0 unspecified atom stereocenters. The fraction of sp³-hybridized carbons (Fsp3) is 0.263. The molecule has 0 atom stereocenters. The van der Waals surface area contributed by atoms with Gasteiger partial charge in [-0.1, -0.05) is 0 Å². The summed E-state index contributed by atoms with van der Waals surface area (Å²) in [5.74, 6) is 0.162. The summed E-state index contributed by atoms with van der Waals surface area (Å²) in [6.45, 7) is 0. The summed E-state index contributed by atoms with van der Waals surface area (Å²) in [7, 11) is -1.91. The lowest BCUT2D eigenvalue weighted by Crippen LogP contribution is -2.39. The number of aryl methyl sites for hydroxylation is 1. The van der Waals surface area contributed by atoms with Crippen molar-refractivity contribution in [3.63, 3.8) is 0 Å². The molecule has 1 spiro atoms. The number of amides is 1. The van der Waals surface area contributed by atoms with Crippen molar-refractivity contribution in [3.05, 3.63) is 40.9 Å². The minimum absolute atomic E-state index is 0.0643. The third-order valence-electron chi connectivity index (χ3n) is 5.34. The zero-order valence-corrected chi connectivity index (χ0v) is 16.0. The van der Waals surface area contributed by atoms with Crippen molar-refractivity contribution in [2.45, 2.75) is 23.3 Å². The molecule has 8 nitrogen and oxygen atoms in total. The molecule has 2 N–H and O–H groups in total. The van der Waals surface area contributed by atoms with Crippen molar-refractivity contribution in [3.8, 4) is 16.9 Å². The normalized spacial score (nSPS) is 17.3. The predicted molar refractivity (Wildman–Crippen MR) is 103 cm³/mol. The Morgan fingerprint density at radius 2 is 1.93 bits per heavy atom. The molecule has 3 heterocycles. The molecule has 28 heavy (non-hydrogen) atoms. The Bertz CT molecular complexity index is 1350. The van der Waals surface area contributed by atoms with E-state index in [0.29, 0.717) is 46.3 Å². The number of sulfone groups is 1. The van der Waals surface area contributed by atoms with Gasteiger partial charge in [-0.25, -0.2) is 8.42 Å². The molecule has 1 saturated carbocycles. The lowest BCUT2D eigenvalue weighted by molar-refractivity contribution is -0.125. The number of carbonyl (C=O) groups is 1. The highest BCUT2D eigenvalue weighted by Gasteiger charge is 2.56. The molecule has 2 aromatic heterocycles. The van der Waals surface area contributed by atoms with Gasteiger partial charge >= 0.3 is 0 Å². The van der Waals surface area contributed by atoms with Gasteiger partial charge in [-0.15, -0.1) is 0 Å². The Balaban J connectivity index is 1.86. The third kappa shape index (κ3) is 2.32. The minimum atomic E-state index is -3.54. The van der Waals surface area contributed by atoms with Crippen LogP contribution in [0.25, 0.3) is 22.0 Å². The van der Waals surface area contributed by atoms with Crippen LogP contribution in [0.15, 0.2) is 40.3 Å². The standard InChI is InChI=1S/C19H17N3O5S/c1-22-9-13(11-3-6-20-15(11)17(22)23)12-7-10(28(2,25)26)8-14-16(12)27-19(4-5-19)18(24)21-14/h3,6-9,20H,4-5H2,1-2H3,(H,21,24). The van der Waals surface area contributed by atoms with Crippen LogP contribution in [0.3, 0.4) is 0 Å². The van der Waals surface area contributed by atoms with E-state index in [2.05, 4.69) is 10.3 Å². The van der Waals surface area contributed by atoms with Crippen molar-refractivity contribution < 1.29 is 17.9 Å². The highest BCUT2D eigenvalue weighted by atomic mass is 32.2. The molecule has 9 heteroatoms. The number of benzene rings is 1. The molecule has 1 aromatic carbocycles. The van der Waals surface area contributed by atoms with Crippen molar-refractivity contribution in [1.82, 2.24) is 9.55 Å². The second kappa shape index (κ2) is 5.26. The Kier molecular flexibility index (Phi) is 3.20. The average molecular weight is 399 g/mol. The summed E-state index contributed by atoms with van der Waals surface area (Å²) >= 11 is 0. The van der Waals surface area contributed by atoms with Crippen LogP contribution < -0.4 is 15.6 Å². The number of nitrogens with zero attached hydrogens (tertiary/aromatic N) is 1. The fourth-order valence-electron chi connectivity index (χ4n) is 3.62. The van der Waals surface area contributed by atoms with Crippen LogP contribution in [0, 0.1) is 0 Å². The van der Waals surface area contributed by atoms with Gasteiger partial charge in [-0.05, 0) is 18.2 Å². The second-order valence-corrected chi connectivity index (χ2v) is 9.41. The smallest absolute Gasteiger partial charge is 0.274 e. The molecule has 144 valence electrons. The van der Waals surface area contributed by atoms with E-state index in [1.54, 1.807) is 25.5 Å². The summed E-state index contributed by atoms with van der Waals surface area (Å²) in [5, 5.41) is 3.45. The second-order valence-electron chi connectivity index (χ2n) is 7.40. The lowest BCUT2D eigenvalue weighted by Gasteiger charge is -2.28. The van der Waals surface area contributed by atoms with Crippen LogP contribution in [-0.4, -0.2) is 35.7 Å². The van der Waals surface area contributed by atoms with E-state index in [0.717, 1.165) is 6.26 Å². The van der Waals surface area contributed by atoms with Crippen LogP contribution in [0.1, 0.15) is 12.8 Å². The van der Waals surface area contributed by atoms with Crippen LogP contribution in [0.2, 0.25) is 0 Å². The molecule has 0 bridgehead atoms. The number of pyridine rings is 1. The van der Waals surface area contributed by atoms with E-state index in [-0.39, 0.29) is 16.4 Å². The van der Waals surface area contributed by atoms with Crippen molar-refractivity contribution in [2.75, 3.05) is 11.6 Å². The first-order valence-corrected chi connectivity index (χ1v) is 10.6. The van der Waals surface area contributed by atoms with Crippen LogP contribution in [0.5, 0.6) is 5.75 Å². The van der Waals surface area contributed by atoms with E-state index in [9.17, 15) is 18.0 Å². The molecule has 2 aliphatic rings. The number of aromatic nitrogens is 2. The number of nitrogens with one attached hydrogen (secondary N) is 2. The topological polar surface area (TPSA) is 110 Å². The Hall–Kier alpha value is -3.07. The van der Waals surface area contributed by atoms with Gasteiger partial charge in [0.2, 0.25) is 0 Å². The summed E-state index contributed by atoms with van der Waals surface area (Å²) < 4.78 is 32.0. The first-order valence-electron chi connectivity index (χ1n) is 8.75. The minimum Gasteiger partial charge on any atom is -0.475 e. The molecule has 1 aliphatic carbocycles. The number of ether oxygens (including phenoxy) is 1. The summed E-state index contributed by atoms with van der Waals surface area (Å²) in [6, 6.07) is 4.71. The highest BCUT2D eigenvalue weighted by molar-refractivity contribution is 7.90. The molecule has 5 rings (SSSR count). The van der Waals surface area contributed by atoms with Gasteiger partial charge in [0.1, 0.15) is 5.52 Å². The Morgan fingerprint density at radius 1 is 1.18 bits per heavy atom. The number of aromatic amines is 1.